The van der Waals surface area contributed by atoms with Gasteiger partial charge in [0.1, 0.15) is 15.9 Å². The molecule has 0 saturated carbocycles. The van der Waals surface area contributed by atoms with E-state index >= 15 is 0 Å². The number of alkyl halides is 3. The highest BCUT2D eigenvalue weighted by Gasteiger charge is 2.38. The van der Waals surface area contributed by atoms with Gasteiger partial charge in [-0.3, -0.25) is 9.36 Å². The Kier molecular flexibility index (Phi) is 4.93. The average molecular weight is 506 g/mol. The molecular weight excluding hydrogens is 491 g/mol. The molecule has 4 aromatic rings. The van der Waals surface area contributed by atoms with E-state index in [9.17, 15) is 27.9 Å². The zero-order valence-corrected chi connectivity index (χ0v) is 19.2. The van der Waals surface area contributed by atoms with Crippen molar-refractivity contribution < 1.29 is 22.7 Å². The van der Waals surface area contributed by atoms with E-state index in [1.165, 1.54) is 22.8 Å². The number of nitrogens with zero attached hydrogens (tertiary/aromatic N) is 1. The van der Waals surface area contributed by atoms with Crippen molar-refractivity contribution in [3.63, 3.8) is 0 Å². The third-order valence-corrected chi connectivity index (χ3v) is 7.20. The predicted octanol–water partition coefficient (Wildman–Crippen LogP) is 6.11. The topological polar surface area (TPSA) is 72.4 Å². The number of aromatic nitrogens is 1. The zero-order chi connectivity index (χ0) is 24.6. The second-order valence-corrected chi connectivity index (χ2v) is 9.91. The van der Waals surface area contributed by atoms with Gasteiger partial charge >= 0.3 is 11.8 Å². The highest BCUT2D eigenvalue weighted by Crippen LogP contribution is 2.44. The van der Waals surface area contributed by atoms with Gasteiger partial charge in [-0.05, 0) is 42.0 Å². The minimum absolute atomic E-state index is 0.0548. The van der Waals surface area contributed by atoms with E-state index in [1.807, 2.05) is 13.8 Å². The van der Waals surface area contributed by atoms with Crippen molar-refractivity contribution in [3.8, 4) is 11.4 Å². The van der Waals surface area contributed by atoms with Crippen LogP contribution in [0.5, 0.6) is 5.75 Å². The number of halogens is 4. The maximum Gasteiger partial charge on any atom is 0.416 e. The quantitative estimate of drug-likeness (QED) is 0.356. The zero-order valence-electron chi connectivity index (χ0n) is 17.7. The van der Waals surface area contributed by atoms with Crippen molar-refractivity contribution in [1.82, 2.24) is 4.57 Å². The molecule has 0 spiro atoms. The fraction of sp³-hybridized carbons (Fsp3) is 0.167. The summed E-state index contributed by atoms with van der Waals surface area (Å²) in [7, 11) is 0. The van der Waals surface area contributed by atoms with Gasteiger partial charge in [0.25, 0.3) is 5.56 Å². The van der Waals surface area contributed by atoms with Crippen LogP contribution in [0, 0.1) is 0 Å². The van der Waals surface area contributed by atoms with Gasteiger partial charge in [0.2, 0.25) is 0 Å². The molecule has 2 aromatic heterocycles. The Morgan fingerprint density at radius 1 is 1.09 bits per heavy atom. The maximum absolute atomic E-state index is 13.5. The number of hydrogen-bond acceptors (Lipinski definition) is 5. The van der Waals surface area contributed by atoms with Crippen molar-refractivity contribution in [2.75, 3.05) is 0 Å². The normalized spacial score (nSPS) is 14.3. The first-order valence-corrected chi connectivity index (χ1v) is 11.2. The van der Waals surface area contributed by atoms with Gasteiger partial charge in [0.15, 0.2) is 5.75 Å². The van der Waals surface area contributed by atoms with Crippen molar-refractivity contribution in [2.45, 2.75) is 35.2 Å². The molecular formula is C24H15ClF3NO4S. The third-order valence-electron chi connectivity index (χ3n) is 5.91. The molecule has 0 aliphatic carbocycles. The summed E-state index contributed by atoms with van der Waals surface area (Å²) in [5, 5.41) is 11.2. The minimum Gasteiger partial charge on any atom is -0.505 e. The first-order valence-electron chi connectivity index (χ1n) is 10.0. The third kappa shape index (κ3) is 3.33. The molecule has 0 radical (unpaired) electrons. The maximum atomic E-state index is 13.5. The molecule has 1 aliphatic heterocycles. The lowest BCUT2D eigenvalue weighted by Gasteiger charge is -2.20. The Labute approximate surface area is 199 Å². The van der Waals surface area contributed by atoms with Crippen LogP contribution in [0.2, 0.25) is 5.02 Å². The van der Waals surface area contributed by atoms with Crippen molar-refractivity contribution in [2.24, 2.45) is 0 Å². The highest BCUT2D eigenvalue weighted by atomic mass is 35.5. The van der Waals surface area contributed by atoms with Gasteiger partial charge in [0.05, 0.1) is 11.3 Å². The molecule has 0 atom stereocenters. The van der Waals surface area contributed by atoms with Crippen LogP contribution in [0.15, 0.2) is 72.3 Å². The van der Waals surface area contributed by atoms with Crippen LogP contribution in [-0.2, 0) is 11.6 Å². The molecule has 5 rings (SSSR count). The molecule has 0 saturated heterocycles. The average Bonchev–Trinajstić information content (AvgIpc) is 2.97. The van der Waals surface area contributed by atoms with Gasteiger partial charge in [-0.25, -0.2) is 4.79 Å². The summed E-state index contributed by atoms with van der Waals surface area (Å²) in [5.41, 5.74) is -1.34. The minimum atomic E-state index is -4.57. The van der Waals surface area contributed by atoms with Crippen LogP contribution in [0.4, 0.5) is 13.2 Å². The monoisotopic (exact) mass is 505 g/mol. The number of pyridine rings is 1. The van der Waals surface area contributed by atoms with E-state index in [0.717, 1.165) is 17.7 Å². The summed E-state index contributed by atoms with van der Waals surface area (Å²) in [6, 6.07) is 10.9. The second-order valence-electron chi connectivity index (χ2n) is 8.39. The first kappa shape index (κ1) is 22.6. The molecule has 2 aromatic carbocycles. The van der Waals surface area contributed by atoms with E-state index in [0.29, 0.717) is 28.2 Å². The Morgan fingerprint density at radius 2 is 1.82 bits per heavy atom. The number of fused-ring (bicyclic) bond motifs is 4. The molecule has 1 aliphatic rings. The largest absolute Gasteiger partial charge is 0.505 e. The molecule has 0 bridgehead atoms. The van der Waals surface area contributed by atoms with Gasteiger partial charge < -0.3 is 9.52 Å². The van der Waals surface area contributed by atoms with E-state index in [-0.39, 0.29) is 20.8 Å². The standard InChI is InChI=1S/C24H15ClF3NO4S/c1-23(2)14-9-12(25)6-7-15(14)29-17(23)10-16-18(21(29)31)19(30)20(22(32)33-16)34-13-5-3-4-11(8-13)24(26,27)28/h3-10,30H,1-2H3. The molecule has 0 unspecified atom stereocenters. The fourth-order valence-corrected chi connectivity index (χ4v) is 5.29. The lowest BCUT2D eigenvalue weighted by Crippen LogP contribution is -2.24. The van der Waals surface area contributed by atoms with Crippen LogP contribution in [0.25, 0.3) is 16.7 Å². The number of hydrogen-bond donors (Lipinski definition) is 1. The van der Waals surface area contributed by atoms with E-state index in [2.05, 4.69) is 0 Å². The SMILES string of the molecule is CC1(C)c2cc(Cl)ccc2-n2c1cc1oc(=O)c(Sc3cccc(C(F)(F)F)c3)c(O)c1c2=O. The van der Waals surface area contributed by atoms with Gasteiger partial charge in [-0.2, -0.15) is 13.2 Å². The second kappa shape index (κ2) is 7.41. The summed E-state index contributed by atoms with van der Waals surface area (Å²) >= 11 is 6.75. The van der Waals surface area contributed by atoms with Crippen LogP contribution < -0.4 is 11.2 Å². The van der Waals surface area contributed by atoms with Crippen LogP contribution in [0.3, 0.4) is 0 Å². The Bertz CT molecular complexity index is 1620. The Morgan fingerprint density at radius 3 is 2.53 bits per heavy atom. The number of benzene rings is 2. The molecule has 1 N–H and O–H groups in total. The fourth-order valence-electron chi connectivity index (χ4n) is 4.23. The summed E-state index contributed by atoms with van der Waals surface area (Å²) in [4.78, 5) is 25.9. The van der Waals surface area contributed by atoms with Gasteiger partial charge in [-0.1, -0.05) is 43.3 Å². The number of aromatic hydroxyl groups is 1. The smallest absolute Gasteiger partial charge is 0.416 e. The molecule has 10 heteroatoms. The lowest BCUT2D eigenvalue weighted by molar-refractivity contribution is -0.137. The molecule has 0 fully saturated rings. The Hall–Kier alpha value is -3.17. The molecule has 34 heavy (non-hydrogen) atoms. The van der Waals surface area contributed by atoms with Crippen molar-refractivity contribution in [3.05, 3.63) is 91.1 Å². The first-order chi connectivity index (χ1) is 15.9. The molecule has 5 nitrogen and oxygen atoms in total. The van der Waals surface area contributed by atoms with Crippen LogP contribution in [-0.4, -0.2) is 9.67 Å². The van der Waals surface area contributed by atoms with Gasteiger partial charge in [0, 0.05) is 27.1 Å². The van der Waals surface area contributed by atoms with E-state index < -0.39 is 34.1 Å². The molecule has 174 valence electrons. The van der Waals surface area contributed by atoms with E-state index in [1.54, 1.807) is 18.2 Å². The van der Waals surface area contributed by atoms with E-state index in [4.69, 9.17) is 16.0 Å². The Balaban J connectivity index is 1.73. The summed E-state index contributed by atoms with van der Waals surface area (Å²) in [5.74, 6) is -0.644. The predicted molar refractivity (Wildman–Crippen MR) is 122 cm³/mol. The summed E-state index contributed by atoms with van der Waals surface area (Å²) in [6.07, 6.45) is -4.57. The van der Waals surface area contributed by atoms with Crippen LogP contribution >= 0.6 is 23.4 Å². The van der Waals surface area contributed by atoms with Crippen molar-refractivity contribution >= 4 is 34.3 Å². The van der Waals surface area contributed by atoms with Crippen LogP contribution in [0.1, 0.15) is 30.7 Å². The lowest BCUT2D eigenvalue weighted by atomic mass is 9.83. The molecule has 3 heterocycles. The summed E-state index contributed by atoms with van der Waals surface area (Å²) in [6.45, 7) is 3.78. The number of rotatable bonds is 2. The summed E-state index contributed by atoms with van der Waals surface area (Å²) < 4.78 is 46.0. The van der Waals surface area contributed by atoms with Gasteiger partial charge in [-0.15, -0.1) is 0 Å². The highest BCUT2D eigenvalue weighted by molar-refractivity contribution is 7.99. The van der Waals surface area contributed by atoms with Crippen molar-refractivity contribution in [1.29, 1.82) is 0 Å². The molecule has 0 amide bonds.